The summed E-state index contributed by atoms with van der Waals surface area (Å²) in [6.45, 7) is 4.21. The Labute approximate surface area is 186 Å². The van der Waals surface area contributed by atoms with Crippen molar-refractivity contribution in [3.63, 3.8) is 0 Å². The van der Waals surface area contributed by atoms with Crippen molar-refractivity contribution in [2.45, 2.75) is 50.5 Å². The number of hydrogen-bond donors (Lipinski definition) is 1. The van der Waals surface area contributed by atoms with Gasteiger partial charge in [0.2, 0.25) is 15.9 Å². The van der Waals surface area contributed by atoms with Gasteiger partial charge in [-0.15, -0.1) is 0 Å². The third-order valence-corrected chi connectivity index (χ3v) is 8.39. The van der Waals surface area contributed by atoms with Gasteiger partial charge in [0.15, 0.2) is 0 Å². The van der Waals surface area contributed by atoms with Gasteiger partial charge in [0.25, 0.3) is 0 Å². The molecule has 0 aliphatic carbocycles. The average molecular weight is 450 g/mol. The molecule has 8 heteroatoms. The lowest BCUT2D eigenvalue weighted by atomic mass is 9.78. The van der Waals surface area contributed by atoms with E-state index in [1.807, 2.05) is 0 Å². The van der Waals surface area contributed by atoms with E-state index in [1.54, 1.807) is 0 Å². The summed E-state index contributed by atoms with van der Waals surface area (Å²) in [5, 5.41) is 3.12. The second-order valence-corrected chi connectivity index (χ2v) is 11.3. The fourth-order valence-electron chi connectivity index (χ4n) is 5.39. The number of ether oxygens (including phenoxy) is 1. The Morgan fingerprint density at radius 1 is 1.23 bits per heavy atom. The van der Waals surface area contributed by atoms with E-state index in [9.17, 15) is 13.2 Å². The summed E-state index contributed by atoms with van der Waals surface area (Å²) >= 11 is 0. The minimum Gasteiger partial charge on any atom is -0.375 e. The molecule has 0 radical (unpaired) electrons. The van der Waals surface area contributed by atoms with E-state index < -0.39 is 10.0 Å². The molecule has 1 spiro atoms. The smallest absolute Gasteiger partial charge is 0.220 e. The molecular formula is C23H35N3O4S. The van der Waals surface area contributed by atoms with Crippen LogP contribution in [0.3, 0.4) is 0 Å². The Hall–Kier alpha value is -1.64. The number of rotatable bonds is 6. The van der Waals surface area contributed by atoms with Crippen molar-refractivity contribution >= 4 is 21.6 Å². The SMILES string of the molecule is CS(=O)(=O)N1CCC2(CC1)CC(CC(=O)NCCN1CCCc3ccccc31)CCO2. The van der Waals surface area contributed by atoms with E-state index in [4.69, 9.17) is 4.74 Å². The van der Waals surface area contributed by atoms with Gasteiger partial charge in [0.1, 0.15) is 0 Å². The second kappa shape index (κ2) is 9.46. The number of hydrogen-bond acceptors (Lipinski definition) is 5. The molecule has 0 saturated carbocycles. The number of fused-ring (bicyclic) bond motifs is 1. The third kappa shape index (κ3) is 5.59. The Kier molecular flexibility index (Phi) is 6.89. The number of carbonyl (C=O) groups excluding carboxylic acids is 1. The molecule has 1 aromatic rings. The van der Waals surface area contributed by atoms with Crippen molar-refractivity contribution in [1.82, 2.24) is 9.62 Å². The van der Waals surface area contributed by atoms with Crippen molar-refractivity contribution in [1.29, 1.82) is 0 Å². The first kappa shape index (κ1) is 22.6. The van der Waals surface area contributed by atoms with Crippen molar-refractivity contribution in [3.8, 4) is 0 Å². The number of nitrogens with zero attached hydrogens (tertiary/aromatic N) is 2. The molecule has 2 fully saturated rings. The molecule has 1 amide bonds. The number of sulfonamides is 1. The highest BCUT2D eigenvalue weighted by Crippen LogP contribution is 2.39. The van der Waals surface area contributed by atoms with Crippen LogP contribution in [0.4, 0.5) is 5.69 Å². The predicted molar refractivity (Wildman–Crippen MR) is 122 cm³/mol. The van der Waals surface area contributed by atoms with Crippen LogP contribution in [0.2, 0.25) is 0 Å². The van der Waals surface area contributed by atoms with Crippen LogP contribution in [0, 0.1) is 5.92 Å². The summed E-state index contributed by atoms with van der Waals surface area (Å²) in [6.07, 6.45) is 7.25. The molecule has 3 aliphatic rings. The second-order valence-electron chi connectivity index (χ2n) is 9.33. The minimum absolute atomic E-state index is 0.112. The van der Waals surface area contributed by atoms with Crippen LogP contribution in [-0.4, -0.2) is 69.8 Å². The predicted octanol–water partition coefficient (Wildman–Crippen LogP) is 2.17. The molecular weight excluding hydrogens is 414 g/mol. The molecule has 0 bridgehead atoms. The number of piperidine rings is 1. The largest absolute Gasteiger partial charge is 0.375 e. The van der Waals surface area contributed by atoms with Crippen LogP contribution in [0.25, 0.3) is 0 Å². The molecule has 3 aliphatic heterocycles. The van der Waals surface area contributed by atoms with Gasteiger partial charge in [-0.3, -0.25) is 4.79 Å². The first-order valence-electron chi connectivity index (χ1n) is 11.5. The van der Waals surface area contributed by atoms with Gasteiger partial charge in [-0.2, -0.15) is 0 Å². The number of nitrogens with one attached hydrogen (secondary N) is 1. The Bertz CT molecular complexity index is 881. The zero-order chi connectivity index (χ0) is 21.9. The van der Waals surface area contributed by atoms with Gasteiger partial charge in [0.05, 0.1) is 11.9 Å². The summed E-state index contributed by atoms with van der Waals surface area (Å²) in [4.78, 5) is 15.0. The number of para-hydroxylation sites is 1. The molecule has 1 aromatic carbocycles. The van der Waals surface area contributed by atoms with Crippen LogP contribution < -0.4 is 10.2 Å². The maximum Gasteiger partial charge on any atom is 0.220 e. The van der Waals surface area contributed by atoms with Gasteiger partial charge in [-0.05, 0) is 56.1 Å². The molecule has 4 rings (SSSR count). The Morgan fingerprint density at radius 2 is 2.00 bits per heavy atom. The summed E-state index contributed by atoms with van der Waals surface area (Å²) < 4.78 is 31.2. The van der Waals surface area contributed by atoms with Gasteiger partial charge in [-0.1, -0.05) is 18.2 Å². The normalized spacial score (nSPS) is 24.0. The first-order chi connectivity index (χ1) is 14.8. The third-order valence-electron chi connectivity index (χ3n) is 7.08. The van der Waals surface area contributed by atoms with Crippen molar-refractivity contribution in [3.05, 3.63) is 29.8 Å². The standard InChI is InChI=1S/C23H35N3O4S/c1-31(28,29)26-13-9-23(10-14-26)18-19(8-16-30-23)17-22(27)24-11-15-25-12-4-6-20-5-2-3-7-21(20)25/h2-3,5,7,19H,4,6,8-18H2,1H3,(H,24,27). The Balaban J connectivity index is 1.22. The topological polar surface area (TPSA) is 79.0 Å². The van der Waals surface area contributed by atoms with Crippen LogP contribution in [0.5, 0.6) is 0 Å². The molecule has 3 heterocycles. The maximum atomic E-state index is 12.6. The van der Waals surface area contributed by atoms with Crippen molar-refractivity contribution < 1.29 is 17.9 Å². The van der Waals surface area contributed by atoms with Gasteiger partial charge in [-0.25, -0.2) is 12.7 Å². The number of carbonyl (C=O) groups is 1. The monoisotopic (exact) mass is 449 g/mol. The molecule has 1 unspecified atom stereocenters. The highest BCUT2D eigenvalue weighted by molar-refractivity contribution is 7.88. The van der Waals surface area contributed by atoms with E-state index in [2.05, 4.69) is 34.5 Å². The molecule has 7 nitrogen and oxygen atoms in total. The van der Waals surface area contributed by atoms with Crippen molar-refractivity contribution in [2.75, 3.05) is 50.5 Å². The number of anilines is 1. The highest BCUT2D eigenvalue weighted by Gasteiger charge is 2.42. The maximum absolute atomic E-state index is 12.6. The summed E-state index contributed by atoms with van der Waals surface area (Å²) in [7, 11) is -3.14. The summed E-state index contributed by atoms with van der Waals surface area (Å²) in [5.41, 5.74) is 2.44. The van der Waals surface area contributed by atoms with Crippen LogP contribution in [-0.2, 0) is 26.0 Å². The van der Waals surface area contributed by atoms with Gasteiger partial charge in [0, 0.05) is 51.4 Å². The van der Waals surface area contributed by atoms with Gasteiger partial charge < -0.3 is 15.0 Å². The summed E-state index contributed by atoms with van der Waals surface area (Å²) in [5.74, 6) is 0.412. The van der Waals surface area contributed by atoms with Crippen LogP contribution in [0.15, 0.2) is 24.3 Å². The molecule has 1 atom stereocenters. The lowest BCUT2D eigenvalue weighted by Crippen LogP contribution is -2.50. The zero-order valence-corrected chi connectivity index (χ0v) is 19.3. The van der Waals surface area contributed by atoms with Crippen molar-refractivity contribution in [2.24, 2.45) is 5.92 Å². The van der Waals surface area contributed by atoms with Gasteiger partial charge >= 0.3 is 0 Å². The fraction of sp³-hybridized carbons (Fsp3) is 0.696. The van der Waals surface area contributed by atoms with E-state index in [1.165, 1.54) is 21.8 Å². The molecule has 31 heavy (non-hydrogen) atoms. The van der Waals surface area contributed by atoms with E-state index in [0.717, 1.165) is 38.8 Å². The zero-order valence-electron chi connectivity index (χ0n) is 18.5. The van der Waals surface area contributed by atoms with E-state index in [-0.39, 0.29) is 11.5 Å². The molecule has 0 aromatic heterocycles. The number of benzene rings is 1. The lowest BCUT2D eigenvalue weighted by Gasteiger charge is -2.45. The number of aryl methyl sites for hydroxylation is 1. The highest BCUT2D eigenvalue weighted by atomic mass is 32.2. The van der Waals surface area contributed by atoms with Crippen LogP contribution in [0.1, 0.15) is 44.1 Å². The Morgan fingerprint density at radius 3 is 2.77 bits per heavy atom. The molecule has 1 N–H and O–H groups in total. The first-order valence-corrected chi connectivity index (χ1v) is 13.4. The van der Waals surface area contributed by atoms with E-state index >= 15 is 0 Å². The average Bonchev–Trinajstić information content (AvgIpc) is 2.74. The minimum atomic E-state index is -3.14. The quantitative estimate of drug-likeness (QED) is 0.720. The molecule has 2 saturated heterocycles. The fourth-order valence-corrected chi connectivity index (χ4v) is 6.23. The molecule has 172 valence electrons. The summed E-state index contributed by atoms with van der Waals surface area (Å²) in [6, 6.07) is 8.54. The lowest BCUT2D eigenvalue weighted by molar-refractivity contribution is -0.132. The number of amides is 1. The van der Waals surface area contributed by atoms with E-state index in [0.29, 0.717) is 51.4 Å². The van der Waals surface area contributed by atoms with Crippen LogP contribution >= 0.6 is 0 Å².